The van der Waals surface area contributed by atoms with E-state index in [0.29, 0.717) is 5.95 Å². The van der Waals surface area contributed by atoms with E-state index in [2.05, 4.69) is 120 Å². The summed E-state index contributed by atoms with van der Waals surface area (Å²) in [6, 6.07) is 45.1. The largest absolute Gasteiger partial charge is 0.456 e. The molecule has 0 saturated heterocycles. The molecule has 46 heavy (non-hydrogen) atoms. The van der Waals surface area contributed by atoms with Crippen LogP contribution in [0.2, 0.25) is 0 Å². The molecule has 0 aliphatic heterocycles. The summed E-state index contributed by atoms with van der Waals surface area (Å²) in [5.41, 5.74) is 6.93. The predicted molar refractivity (Wildman–Crippen MR) is 195 cm³/mol. The Balaban J connectivity index is 1.28. The second-order valence-electron chi connectivity index (χ2n) is 11.7. The van der Waals surface area contributed by atoms with Crippen LogP contribution < -0.4 is 0 Å². The molecule has 0 N–H and O–H groups in total. The summed E-state index contributed by atoms with van der Waals surface area (Å²) >= 11 is 3.61. The summed E-state index contributed by atoms with van der Waals surface area (Å²) in [5.74, 6) is 0.674. The standard InChI is InChI=1S/C40H21N3OS2/c1-5-13-28-24(10-1)35-29(18-20-34-36(35)25-11-3-7-15-32(25)45-34)43(28)40-41-37(39-38(42-40)26-12-4-8-16-33(26)46-39)22-17-19-31-27(21-22)23-9-2-6-14-30(23)44-31/h1-21H. The maximum absolute atomic E-state index is 6.18. The molecule has 6 aromatic carbocycles. The second-order valence-corrected chi connectivity index (χ2v) is 13.9. The van der Waals surface area contributed by atoms with Crippen molar-refractivity contribution in [2.24, 2.45) is 0 Å². The van der Waals surface area contributed by atoms with Gasteiger partial charge in [-0.15, -0.1) is 22.7 Å². The van der Waals surface area contributed by atoms with Crippen LogP contribution >= 0.6 is 22.7 Å². The van der Waals surface area contributed by atoms with Crippen LogP contribution in [0.4, 0.5) is 0 Å². The Morgan fingerprint density at radius 1 is 0.500 bits per heavy atom. The van der Waals surface area contributed by atoms with Crippen LogP contribution in [0, 0.1) is 0 Å². The van der Waals surface area contributed by atoms with Gasteiger partial charge in [0, 0.05) is 57.4 Å². The maximum atomic E-state index is 6.18. The van der Waals surface area contributed by atoms with E-state index < -0.39 is 0 Å². The van der Waals surface area contributed by atoms with Gasteiger partial charge in [-0.05, 0) is 54.6 Å². The summed E-state index contributed by atoms with van der Waals surface area (Å²) in [7, 11) is 0. The lowest BCUT2D eigenvalue weighted by molar-refractivity contribution is 0.669. The molecule has 0 spiro atoms. The predicted octanol–water partition coefficient (Wildman–Crippen LogP) is 11.9. The average Bonchev–Trinajstić information content (AvgIpc) is 3.86. The first-order chi connectivity index (χ1) is 22.8. The van der Waals surface area contributed by atoms with E-state index in [1.165, 1.54) is 35.6 Å². The van der Waals surface area contributed by atoms with Crippen molar-refractivity contribution in [2.45, 2.75) is 0 Å². The molecule has 0 aliphatic carbocycles. The van der Waals surface area contributed by atoms with Crippen LogP contribution in [0.1, 0.15) is 0 Å². The molecule has 0 unspecified atom stereocenters. The zero-order valence-corrected chi connectivity index (χ0v) is 25.8. The van der Waals surface area contributed by atoms with Gasteiger partial charge in [-0.25, -0.2) is 9.97 Å². The van der Waals surface area contributed by atoms with Crippen LogP contribution in [0.15, 0.2) is 132 Å². The molecule has 4 nitrogen and oxygen atoms in total. The van der Waals surface area contributed by atoms with E-state index >= 15 is 0 Å². The Morgan fingerprint density at radius 3 is 2.11 bits per heavy atom. The molecule has 0 fully saturated rings. The van der Waals surface area contributed by atoms with Crippen LogP contribution in [0.25, 0.3) is 101 Å². The minimum absolute atomic E-state index is 0.674. The third-order valence-corrected chi connectivity index (χ3v) is 11.5. The Labute approximate surface area is 269 Å². The highest BCUT2D eigenvalue weighted by molar-refractivity contribution is 7.26. The molecule has 0 radical (unpaired) electrons. The van der Waals surface area contributed by atoms with Gasteiger partial charge in [0.05, 0.1) is 26.9 Å². The molecule has 0 saturated carbocycles. The number of aromatic nitrogens is 3. The van der Waals surface area contributed by atoms with E-state index in [1.54, 1.807) is 11.3 Å². The van der Waals surface area contributed by atoms with Crippen molar-refractivity contribution in [3.63, 3.8) is 0 Å². The summed E-state index contributed by atoms with van der Waals surface area (Å²) in [6.45, 7) is 0. The van der Waals surface area contributed by atoms with Crippen LogP contribution in [0.5, 0.6) is 0 Å². The third kappa shape index (κ3) is 3.27. The smallest absolute Gasteiger partial charge is 0.235 e. The number of para-hydroxylation sites is 2. The summed E-state index contributed by atoms with van der Waals surface area (Å²) < 4.78 is 13.3. The number of nitrogens with zero attached hydrogens (tertiary/aromatic N) is 3. The van der Waals surface area contributed by atoms with Crippen molar-refractivity contribution in [1.29, 1.82) is 0 Å². The van der Waals surface area contributed by atoms with Gasteiger partial charge in [0.1, 0.15) is 11.2 Å². The number of rotatable bonds is 2. The average molecular weight is 624 g/mol. The minimum Gasteiger partial charge on any atom is -0.456 e. The normalized spacial score (nSPS) is 12.3. The van der Waals surface area contributed by atoms with Gasteiger partial charge in [-0.2, -0.15) is 0 Å². The van der Waals surface area contributed by atoms with E-state index in [-0.39, 0.29) is 0 Å². The zero-order chi connectivity index (χ0) is 29.9. The third-order valence-electron chi connectivity index (χ3n) is 9.23. The molecule has 214 valence electrons. The van der Waals surface area contributed by atoms with Crippen molar-refractivity contribution in [3.05, 3.63) is 127 Å². The topological polar surface area (TPSA) is 43.9 Å². The fourth-order valence-electron chi connectivity index (χ4n) is 7.24. The van der Waals surface area contributed by atoms with E-state index in [4.69, 9.17) is 14.4 Å². The summed E-state index contributed by atoms with van der Waals surface area (Å²) in [6.07, 6.45) is 0. The monoisotopic (exact) mass is 623 g/mol. The number of thiophene rings is 2. The van der Waals surface area contributed by atoms with E-state index in [0.717, 1.165) is 59.8 Å². The quantitative estimate of drug-likeness (QED) is 0.192. The van der Waals surface area contributed by atoms with E-state index in [1.807, 2.05) is 23.5 Å². The zero-order valence-electron chi connectivity index (χ0n) is 24.2. The molecule has 11 aromatic rings. The highest BCUT2D eigenvalue weighted by Gasteiger charge is 2.22. The minimum atomic E-state index is 0.674. The van der Waals surface area contributed by atoms with Crippen molar-refractivity contribution >= 4 is 107 Å². The molecule has 6 heteroatoms. The molecular formula is C40H21N3OS2. The molecular weight excluding hydrogens is 603 g/mol. The molecule has 5 heterocycles. The number of hydrogen-bond donors (Lipinski definition) is 0. The molecule has 0 bridgehead atoms. The number of hydrogen-bond acceptors (Lipinski definition) is 5. The Kier molecular flexibility index (Phi) is 4.84. The lowest BCUT2D eigenvalue weighted by atomic mass is 10.1. The summed E-state index contributed by atoms with van der Waals surface area (Å²) in [4.78, 5) is 10.8. The Hall–Kier alpha value is -5.56. The number of benzene rings is 6. The van der Waals surface area contributed by atoms with Crippen LogP contribution in [-0.4, -0.2) is 14.5 Å². The first-order valence-corrected chi connectivity index (χ1v) is 16.9. The van der Waals surface area contributed by atoms with Gasteiger partial charge in [-0.3, -0.25) is 4.57 Å². The Bertz CT molecular complexity index is 3050. The fourth-order valence-corrected chi connectivity index (χ4v) is 9.51. The molecule has 0 amide bonds. The van der Waals surface area contributed by atoms with Gasteiger partial charge >= 0.3 is 0 Å². The molecule has 11 rings (SSSR count). The van der Waals surface area contributed by atoms with Crippen LogP contribution in [0.3, 0.4) is 0 Å². The van der Waals surface area contributed by atoms with Crippen molar-refractivity contribution in [3.8, 4) is 17.2 Å². The van der Waals surface area contributed by atoms with Gasteiger partial charge in [0.15, 0.2) is 0 Å². The van der Waals surface area contributed by atoms with Gasteiger partial charge < -0.3 is 4.42 Å². The number of furan rings is 1. The maximum Gasteiger partial charge on any atom is 0.235 e. The van der Waals surface area contributed by atoms with Crippen molar-refractivity contribution in [2.75, 3.05) is 0 Å². The highest BCUT2D eigenvalue weighted by atomic mass is 32.1. The lowest BCUT2D eigenvalue weighted by Gasteiger charge is -2.10. The lowest BCUT2D eigenvalue weighted by Crippen LogP contribution is -2.02. The first kappa shape index (κ1) is 24.7. The fraction of sp³-hybridized carbons (Fsp3) is 0. The SMILES string of the molecule is c1ccc2c(c1)oc1ccc(-c3nc(-n4c5ccccc5c5c6c(ccc54)sc4ccccc46)nc4c3sc3ccccc34)cc12. The van der Waals surface area contributed by atoms with Gasteiger partial charge in [-0.1, -0.05) is 72.8 Å². The van der Waals surface area contributed by atoms with Gasteiger partial charge in [0.25, 0.3) is 0 Å². The van der Waals surface area contributed by atoms with Crippen molar-refractivity contribution in [1.82, 2.24) is 14.5 Å². The van der Waals surface area contributed by atoms with Crippen LogP contribution in [-0.2, 0) is 0 Å². The molecule has 5 aromatic heterocycles. The van der Waals surface area contributed by atoms with Gasteiger partial charge in [0.2, 0.25) is 5.95 Å². The second kappa shape index (κ2) is 9.01. The first-order valence-electron chi connectivity index (χ1n) is 15.2. The molecule has 0 atom stereocenters. The highest BCUT2D eigenvalue weighted by Crippen LogP contribution is 2.45. The molecule has 0 aliphatic rings. The Morgan fingerprint density at radius 2 is 1.22 bits per heavy atom. The number of fused-ring (bicyclic) bond motifs is 13. The summed E-state index contributed by atoms with van der Waals surface area (Å²) in [5, 5.41) is 8.39. The van der Waals surface area contributed by atoms with E-state index in [9.17, 15) is 0 Å². The van der Waals surface area contributed by atoms with Crippen molar-refractivity contribution < 1.29 is 4.42 Å².